The molecule has 1 aliphatic rings. The zero-order chi connectivity index (χ0) is 16.2. The summed E-state index contributed by atoms with van der Waals surface area (Å²) in [5.74, 6) is 3.31. The van der Waals surface area contributed by atoms with E-state index in [1.165, 1.54) is 5.56 Å². The summed E-state index contributed by atoms with van der Waals surface area (Å²) in [4.78, 5) is 11.8. The number of ketones is 1. The van der Waals surface area contributed by atoms with Gasteiger partial charge in [0.05, 0.1) is 11.7 Å². The third kappa shape index (κ3) is 4.22. The molecule has 1 aromatic rings. The predicted molar refractivity (Wildman–Crippen MR) is 93.2 cm³/mol. The van der Waals surface area contributed by atoms with E-state index in [1.807, 2.05) is 24.3 Å². The van der Waals surface area contributed by atoms with Crippen LogP contribution in [-0.4, -0.2) is 19.0 Å². The Hall–Kier alpha value is -2.05. The maximum atomic E-state index is 11.8. The predicted octanol–water partition coefficient (Wildman–Crippen LogP) is 4.07. The van der Waals surface area contributed by atoms with Crippen molar-refractivity contribution in [2.45, 2.75) is 32.5 Å². The number of hydrogen-bond donors (Lipinski definition) is 1. The van der Waals surface area contributed by atoms with Gasteiger partial charge in [0.25, 0.3) is 0 Å². The van der Waals surface area contributed by atoms with Crippen LogP contribution < -0.4 is 0 Å². The molecule has 0 bridgehead atoms. The topological polar surface area (TPSA) is 37.3 Å². The van der Waals surface area contributed by atoms with E-state index in [0.717, 1.165) is 12.7 Å². The van der Waals surface area contributed by atoms with Gasteiger partial charge in [-0.3, -0.25) is 4.79 Å². The minimum atomic E-state index is -1.52. The molecule has 0 saturated heterocycles. The van der Waals surface area contributed by atoms with Crippen LogP contribution in [0.3, 0.4) is 0 Å². The Morgan fingerprint density at radius 2 is 1.95 bits per heavy atom. The fraction of sp³-hybridized carbons (Fsp3) is 0.316. The van der Waals surface area contributed by atoms with Gasteiger partial charge in [0.1, 0.15) is 8.07 Å². The smallest absolute Gasteiger partial charge is 0.184 e. The van der Waals surface area contributed by atoms with Crippen molar-refractivity contribution < 1.29 is 9.90 Å². The molecule has 2 rings (SSSR count). The molecule has 3 heteroatoms. The first-order valence-corrected chi connectivity index (χ1v) is 11.0. The molecule has 0 amide bonds. The number of rotatable bonds is 2. The lowest BCUT2D eigenvalue weighted by Gasteiger charge is -2.29. The van der Waals surface area contributed by atoms with Gasteiger partial charge < -0.3 is 5.11 Å². The molecule has 1 atom stereocenters. The lowest BCUT2D eigenvalue weighted by Crippen LogP contribution is -2.27. The molecule has 0 aliphatic heterocycles. The van der Waals surface area contributed by atoms with Gasteiger partial charge in [0.2, 0.25) is 0 Å². The van der Waals surface area contributed by atoms with Crippen molar-refractivity contribution >= 4 is 13.9 Å². The highest BCUT2D eigenvalue weighted by atomic mass is 28.3. The summed E-state index contributed by atoms with van der Waals surface area (Å²) >= 11 is 0. The van der Waals surface area contributed by atoms with Crippen molar-refractivity contribution in [2.24, 2.45) is 5.41 Å². The molecule has 1 aromatic carbocycles. The Morgan fingerprint density at radius 1 is 1.27 bits per heavy atom. The summed E-state index contributed by atoms with van der Waals surface area (Å²) in [6, 6.07) is 10.2. The van der Waals surface area contributed by atoms with Crippen molar-refractivity contribution in [3.05, 3.63) is 59.9 Å². The number of aliphatic hydroxyl groups is 1. The van der Waals surface area contributed by atoms with Crippen LogP contribution in [0.4, 0.5) is 0 Å². The summed E-state index contributed by atoms with van der Waals surface area (Å²) in [5.41, 5.74) is 4.63. The van der Waals surface area contributed by atoms with Crippen LogP contribution in [0, 0.1) is 16.9 Å². The zero-order valence-corrected chi connectivity index (χ0v) is 14.4. The number of carbonyl (C=O) groups excluding carboxylic acids is 1. The van der Waals surface area contributed by atoms with Gasteiger partial charge in [-0.1, -0.05) is 62.0 Å². The first-order valence-electron chi connectivity index (χ1n) is 7.49. The Labute approximate surface area is 133 Å². The van der Waals surface area contributed by atoms with Crippen LogP contribution in [0.25, 0.3) is 0 Å². The van der Waals surface area contributed by atoms with E-state index in [4.69, 9.17) is 0 Å². The van der Waals surface area contributed by atoms with Gasteiger partial charge >= 0.3 is 0 Å². The van der Waals surface area contributed by atoms with Crippen molar-refractivity contribution in [3.63, 3.8) is 0 Å². The molecule has 0 heterocycles. The number of hydrogen-bond acceptors (Lipinski definition) is 2. The monoisotopic (exact) mass is 310 g/mol. The fourth-order valence-electron chi connectivity index (χ4n) is 2.46. The van der Waals surface area contributed by atoms with E-state index < -0.39 is 13.5 Å². The first kappa shape index (κ1) is 16.3. The Kier molecular flexibility index (Phi) is 4.73. The van der Waals surface area contributed by atoms with Gasteiger partial charge in [-0.05, 0) is 24.5 Å². The molecular formula is C19H22O2Si. The number of allylic oxidation sites excluding steroid dienone is 3. The second-order valence-electron chi connectivity index (χ2n) is 6.85. The quantitative estimate of drug-likeness (QED) is 0.387. The molecule has 0 saturated carbocycles. The highest BCUT2D eigenvalue weighted by molar-refractivity contribution is 6.83. The highest BCUT2D eigenvalue weighted by Crippen LogP contribution is 2.35. The molecular weight excluding hydrogens is 288 g/mol. The molecule has 1 N–H and O–H groups in total. The molecule has 1 aliphatic carbocycles. The van der Waals surface area contributed by atoms with E-state index in [1.54, 1.807) is 6.08 Å². The van der Waals surface area contributed by atoms with Crippen molar-refractivity contribution in [2.75, 3.05) is 0 Å². The normalized spacial score (nSPS) is 23.2. The maximum absolute atomic E-state index is 11.8. The molecule has 2 nitrogen and oxygen atoms in total. The molecule has 0 radical (unpaired) electrons. The van der Waals surface area contributed by atoms with Crippen LogP contribution in [-0.2, 0) is 11.2 Å². The molecule has 22 heavy (non-hydrogen) atoms. The van der Waals surface area contributed by atoms with E-state index in [0.29, 0.717) is 12.0 Å². The van der Waals surface area contributed by atoms with Crippen LogP contribution in [0.5, 0.6) is 0 Å². The largest absolute Gasteiger partial charge is 0.515 e. The average Bonchev–Trinajstić information content (AvgIpc) is 2.48. The Balaban J connectivity index is 2.43. The molecule has 1 unspecified atom stereocenters. The van der Waals surface area contributed by atoms with Gasteiger partial charge in [-0.25, -0.2) is 0 Å². The highest BCUT2D eigenvalue weighted by Gasteiger charge is 2.32. The molecule has 114 valence electrons. The lowest BCUT2D eigenvalue weighted by atomic mass is 9.73. The number of benzene rings is 1. The Bertz CT molecular complexity index is 669. The van der Waals surface area contributed by atoms with Gasteiger partial charge in [-0.15, -0.1) is 5.54 Å². The summed E-state index contributed by atoms with van der Waals surface area (Å²) in [6.45, 7) is 6.62. The van der Waals surface area contributed by atoms with Crippen molar-refractivity contribution in [3.8, 4) is 11.5 Å². The van der Waals surface area contributed by atoms with Crippen LogP contribution in [0.15, 0.2) is 54.3 Å². The fourth-order valence-corrected chi connectivity index (χ4v) is 3.08. The average molecular weight is 310 g/mol. The minimum absolute atomic E-state index is 0.124. The number of aliphatic hydroxyl groups excluding tert-OH is 1. The van der Waals surface area contributed by atoms with Gasteiger partial charge in [-0.2, -0.15) is 0 Å². The zero-order valence-electron chi connectivity index (χ0n) is 13.4. The summed E-state index contributed by atoms with van der Waals surface area (Å²) < 4.78 is 0. The van der Waals surface area contributed by atoms with Crippen LogP contribution in [0.1, 0.15) is 12.0 Å². The summed E-state index contributed by atoms with van der Waals surface area (Å²) in [6.07, 6.45) is 5.61. The minimum Gasteiger partial charge on any atom is -0.515 e. The van der Waals surface area contributed by atoms with Gasteiger partial charge in [0.15, 0.2) is 5.78 Å². The van der Waals surface area contributed by atoms with E-state index in [9.17, 15) is 9.90 Å². The molecule has 0 aromatic heterocycles. The van der Waals surface area contributed by atoms with E-state index >= 15 is 0 Å². The standard InChI is InChI=1S/C19H22O2Si/c1-22(2,3)12-11-19(13-16-7-5-4-6-8-16)10-9-18(21)17(14-19)15-20/h4-10,15,20H,13-14H2,1-3H3/b17-15+. The third-order valence-electron chi connectivity index (χ3n) is 3.58. The summed E-state index contributed by atoms with van der Waals surface area (Å²) in [5, 5.41) is 9.33. The number of carbonyl (C=O) groups is 1. The van der Waals surface area contributed by atoms with E-state index in [-0.39, 0.29) is 5.78 Å². The van der Waals surface area contributed by atoms with Crippen LogP contribution >= 0.6 is 0 Å². The lowest BCUT2D eigenvalue weighted by molar-refractivity contribution is -0.112. The van der Waals surface area contributed by atoms with Gasteiger partial charge in [0, 0.05) is 5.57 Å². The molecule has 0 spiro atoms. The Morgan fingerprint density at radius 3 is 2.55 bits per heavy atom. The summed E-state index contributed by atoms with van der Waals surface area (Å²) in [7, 11) is -1.52. The first-order chi connectivity index (χ1) is 10.3. The second kappa shape index (κ2) is 6.37. The third-order valence-corrected chi connectivity index (χ3v) is 4.46. The maximum Gasteiger partial charge on any atom is 0.184 e. The molecule has 0 fully saturated rings. The SMILES string of the molecule is C[Si](C)(C)C#CC1(Cc2ccccc2)C=CC(=O)/C(=C/O)C1. The van der Waals surface area contributed by atoms with E-state index in [2.05, 4.69) is 43.2 Å². The van der Waals surface area contributed by atoms with Crippen LogP contribution in [0.2, 0.25) is 19.6 Å². The second-order valence-corrected chi connectivity index (χ2v) is 11.6. The van der Waals surface area contributed by atoms with Crippen molar-refractivity contribution in [1.29, 1.82) is 0 Å². The van der Waals surface area contributed by atoms with Crippen molar-refractivity contribution in [1.82, 2.24) is 0 Å².